The number of alkyl halides is 3. The van der Waals surface area contributed by atoms with Crippen LogP contribution in [-0.2, 0) is 13.2 Å². The summed E-state index contributed by atoms with van der Waals surface area (Å²) in [6.45, 7) is 0. The average molecular weight is 331 g/mol. The number of halogens is 5. The Labute approximate surface area is 127 Å². The Morgan fingerprint density at radius 3 is 2.41 bits per heavy atom. The third-order valence-corrected chi connectivity index (χ3v) is 3.37. The number of nitriles is 1. The maximum absolute atomic E-state index is 13.9. The largest absolute Gasteiger partial charge is 0.431 e. The van der Waals surface area contributed by atoms with Crippen LogP contribution >= 0.6 is 11.6 Å². The molecule has 0 amide bonds. The zero-order chi connectivity index (χ0) is 16.7. The second-order valence-corrected chi connectivity index (χ2v) is 4.83. The number of hydrogen-bond donors (Lipinski definition) is 0. The Morgan fingerprint density at radius 2 is 1.86 bits per heavy atom. The Morgan fingerprint density at radius 1 is 1.23 bits per heavy atom. The van der Waals surface area contributed by atoms with Crippen LogP contribution in [0, 0.1) is 17.1 Å². The number of hydrogen-bond acceptors (Lipinski definition) is 2. The van der Waals surface area contributed by atoms with E-state index in [1.54, 1.807) is 6.07 Å². The molecule has 0 spiro atoms. The lowest BCUT2D eigenvalue weighted by Crippen LogP contribution is -2.26. The lowest BCUT2D eigenvalue weighted by Gasteiger charge is -2.13. The summed E-state index contributed by atoms with van der Waals surface area (Å²) < 4.78 is 52.5. The highest BCUT2D eigenvalue weighted by Gasteiger charge is 2.34. The molecular weight excluding hydrogens is 324 g/mol. The molecule has 1 aromatic heterocycles. The van der Waals surface area contributed by atoms with Gasteiger partial charge in [-0.2, -0.15) is 18.4 Å². The van der Waals surface area contributed by atoms with E-state index in [1.165, 1.54) is 0 Å². The third-order valence-electron chi connectivity index (χ3n) is 3.06. The monoisotopic (exact) mass is 330 g/mol. The molecule has 0 saturated carbocycles. The number of rotatable bonds is 1. The highest BCUT2D eigenvalue weighted by Crippen LogP contribution is 2.30. The molecule has 114 valence electrons. The van der Waals surface area contributed by atoms with Crippen molar-refractivity contribution in [1.29, 1.82) is 5.26 Å². The fourth-order valence-electron chi connectivity index (χ4n) is 1.97. The minimum absolute atomic E-state index is 0.0833. The zero-order valence-corrected chi connectivity index (χ0v) is 11.8. The van der Waals surface area contributed by atoms with E-state index in [9.17, 15) is 22.4 Å². The van der Waals surface area contributed by atoms with E-state index in [1.807, 2.05) is 0 Å². The molecule has 0 aliphatic carbocycles. The standard InChI is InChI=1S/C14H7ClF4N2O/c1-21-12(14(17,18)19)3-2-8(13(21)22)9-4-7(6-20)10(15)5-11(9)16/h2-5H,1H3. The number of nitrogens with zero attached hydrogens (tertiary/aromatic N) is 2. The van der Waals surface area contributed by atoms with E-state index in [2.05, 4.69) is 0 Å². The molecule has 2 aromatic rings. The first-order chi connectivity index (χ1) is 10.2. The minimum atomic E-state index is -4.71. The van der Waals surface area contributed by atoms with Crippen LogP contribution in [0.4, 0.5) is 17.6 Å². The van der Waals surface area contributed by atoms with Crippen LogP contribution < -0.4 is 5.56 Å². The van der Waals surface area contributed by atoms with Gasteiger partial charge in [-0.1, -0.05) is 11.6 Å². The van der Waals surface area contributed by atoms with Crippen molar-refractivity contribution in [3.63, 3.8) is 0 Å². The predicted molar refractivity (Wildman–Crippen MR) is 71.8 cm³/mol. The molecule has 2 rings (SSSR count). The third kappa shape index (κ3) is 2.70. The van der Waals surface area contributed by atoms with Crippen molar-refractivity contribution >= 4 is 11.6 Å². The van der Waals surface area contributed by atoms with Crippen LogP contribution in [0.3, 0.4) is 0 Å². The van der Waals surface area contributed by atoms with Gasteiger partial charge in [-0.3, -0.25) is 4.79 Å². The molecule has 0 fully saturated rings. The van der Waals surface area contributed by atoms with Crippen molar-refractivity contribution in [2.24, 2.45) is 7.05 Å². The van der Waals surface area contributed by atoms with Gasteiger partial charge in [0.25, 0.3) is 5.56 Å². The molecule has 3 nitrogen and oxygen atoms in total. The predicted octanol–water partition coefficient (Wildman–Crippen LogP) is 3.74. The number of pyridine rings is 1. The van der Waals surface area contributed by atoms with Gasteiger partial charge in [0, 0.05) is 12.6 Å². The first-order valence-electron chi connectivity index (χ1n) is 5.83. The summed E-state index contributed by atoms with van der Waals surface area (Å²) in [6.07, 6.45) is -4.71. The number of benzene rings is 1. The summed E-state index contributed by atoms with van der Waals surface area (Å²) in [7, 11) is 0.938. The summed E-state index contributed by atoms with van der Waals surface area (Å²) in [5.41, 5.74) is -2.84. The van der Waals surface area contributed by atoms with Crippen LogP contribution in [0.25, 0.3) is 11.1 Å². The Kier molecular flexibility index (Phi) is 3.98. The van der Waals surface area contributed by atoms with Gasteiger partial charge >= 0.3 is 6.18 Å². The maximum atomic E-state index is 13.9. The summed E-state index contributed by atoms with van der Waals surface area (Å²) in [4.78, 5) is 12.1. The van der Waals surface area contributed by atoms with Crippen molar-refractivity contribution in [3.8, 4) is 17.2 Å². The minimum Gasteiger partial charge on any atom is -0.307 e. The lowest BCUT2D eigenvalue weighted by molar-refractivity contribution is -0.143. The van der Waals surface area contributed by atoms with Crippen molar-refractivity contribution < 1.29 is 17.6 Å². The Hall–Kier alpha value is -2.33. The number of aromatic nitrogens is 1. The summed E-state index contributed by atoms with van der Waals surface area (Å²) in [5, 5.41) is 8.72. The van der Waals surface area contributed by atoms with Gasteiger partial charge in [-0.15, -0.1) is 0 Å². The summed E-state index contributed by atoms with van der Waals surface area (Å²) in [6, 6.07) is 5.14. The molecular formula is C14H7ClF4N2O. The topological polar surface area (TPSA) is 45.8 Å². The Bertz CT molecular complexity index is 850. The van der Waals surface area contributed by atoms with Crippen molar-refractivity contribution in [2.45, 2.75) is 6.18 Å². The second kappa shape index (κ2) is 5.46. The van der Waals surface area contributed by atoms with Crippen LogP contribution in [-0.4, -0.2) is 4.57 Å². The first kappa shape index (κ1) is 16.0. The molecule has 0 unspecified atom stereocenters. The summed E-state index contributed by atoms with van der Waals surface area (Å²) in [5.74, 6) is -0.902. The molecule has 0 atom stereocenters. The molecule has 0 bridgehead atoms. The molecule has 1 aromatic carbocycles. The van der Waals surface area contributed by atoms with Gasteiger partial charge in [0.15, 0.2) is 0 Å². The van der Waals surface area contributed by atoms with Crippen LogP contribution in [0.1, 0.15) is 11.3 Å². The SMILES string of the molecule is Cn1c(C(F)(F)F)ccc(-c2cc(C#N)c(Cl)cc2F)c1=O. The quantitative estimate of drug-likeness (QED) is 0.748. The smallest absolute Gasteiger partial charge is 0.307 e. The molecule has 0 N–H and O–H groups in total. The first-order valence-corrected chi connectivity index (χ1v) is 6.21. The molecule has 22 heavy (non-hydrogen) atoms. The second-order valence-electron chi connectivity index (χ2n) is 4.42. The van der Waals surface area contributed by atoms with E-state index >= 15 is 0 Å². The molecule has 8 heteroatoms. The molecule has 0 radical (unpaired) electrons. The lowest BCUT2D eigenvalue weighted by atomic mass is 10.0. The van der Waals surface area contributed by atoms with Crippen LogP contribution in [0.5, 0.6) is 0 Å². The fourth-order valence-corrected chi connectivity index (χ4v) is 2.16. The van der Waals surface area contributed by atoms with Crippen LogP contribution in [0.2, 0.25) is 5.02 Å². The molecule has 0 saturated heterocycles. The van der Waals surface area contributed by atoms with E-state index in [4.69, 9.17) is 16.9 Å². The van der Waals surface area contributed by atoms with Gasteiger partial charge in [0.1, 0.15) is 17.6 Å². The highest BCUT2D eigenvalue weighted by atomic mass is 35.5. The summed E-state index contributed by atoms with van der Waals surface area (Å²) >= 11 is 5.65. The average Bonchev–Trinajstić information content (AvgIpc) is 2.41. The Balaban J connectivity index is 2.74. The van der Waals surface area contributed by atoms with Gasteiger partial charge in [0.05, 0.1) is 16.1 Å². The molecule has 1 heterocycles. The van der Waals surface area contributed by atoms with Gasteiger partial charge < -0.3 is 4.57 Å². The zero-order valence-electron chi connectivity index (χ0n) is 11.0. The van der Waals surface area contributed by atoms with Crippen molar-refractivity contribution in [3.05, 3.63) is 56.7 Å². The fraction of sp³-hybridized carbons (Fsp3) is 0.143. The normalized spacial score (nSPS) is 11.3. The molecule has 0 aliphatic rings. The van der Waals surface area contributed by atoms with Crippen molar-refractivity contribution in [1.82, 2.24) is 4.57 Å². The van der Waals surface area contributed by atoms with Crippen LogP contribution in [0.15, 0.2) is 29.1 Å². The van der Waals surface area contributed by atoms with Gasteiger partial charge in [-0.05, 0) is 24.3 Å². The van der Waals surface area contributed by atoms with Gasteiger partial charge in [-0.25, -0.2) is 4.39 Å². The highest BCUT2D eigenvalue weighted by molar-refractivity contribution is 6.31. The molecule has 0 aliphatic heterocycles. The van der Waals surface area contributed by atoms with E-state index < -0.39 is 23.2 Å². The van der Waals surface area contributed by atoms with E-state index in [0.717, 1.165) is 25.2 Å². The van der Waals surface area contributed by atoms with E-state index in [-0.39, 0.29) is 21.7 Å². The van der Waals surface area contributed by atoms with E-state index in [0.29, 0.717) is 10.6 Å². The maximum Gasteiger partial charge on any atom is 0.431 e. The van der Waals surface area contributed by atoms with Gasteiger partial charge in [0.2, 0.25) is 0 Å². The van der Waals surface area contributed by atoms with Crippen molar-refractivity contribution in [2.75, 3.05) is 0 Å².